The molecule has 0 radical (unpaired) electrons. The number of hydrogen-bond donors (Lipinski definition) is 2. The molecule has 0 aliphatic heterocycles. The number of rotatable bonds is 0. The van der Waals surface area contributed by atoms with Gasteiger partial charge in [0, 0.05) is 0 Å². The van der Waals surface area contributed by atoms with E-state index in [0.29, 0.717) is 10.4 Å². The summed E-state index contributed by atoms with van der Waals surface area (Å²) in [6, 6.07) is 2.68. The lowest BCUT2D eigenvalue weighted by Gasteiger charge is -1.99. The quantitative estimate of drug-likeness (QED) is 0.503. The Labute approximate surface area is 56.9 Å². The van der Waals surface area contributed by atoms with E-state index in [1.807, 2.05) is 0 Å². The van der Waals surface area contributed by atoms with Crippen molar-refractivity contribution < 1.29 is 10.3 Å². The van der Waals surface area contributed by atoms with Gasteiger partial charge in [0.2, 0.25) is 0 Å². The molecule has 0 saturated heterocycles. The van der Waals surface area contributed by atoms with Crippen LogP contribution in [0.1, 0.15) is 5.69 Å². The Morgan fingerprint density at radius 2 is 2.10 bits per heavy atom. The highest BCUT2D eigenvalue weighted by Crippen LogP contribution is 1.99. The maximum absolute atomic E-state index is 10.7. The van der Waals surface area contributed by atoms with E-state index in [9.17, 15) is 4.79 Å². The summed E-state index contributed by atoms with van der Waals surface area (Å²) >= 11 is 0. The highest BCUT2D eigenvalue weighted by molar-refractivity contribution is 5.18. The van der Waals surface area contributed by atoms with E-state index >= 15 is 0 Å². The zero-order chi connectivity index (χ0) is 7.72. The van der Waals surface area contributed by atoms with Crippen molar-refractivity contribution in [3.05, 3.63) is 28.2 Å². The van der Waals surface area contributed by atoms with E-state index in [2.05, 4.69) is 0 Å². The van der Waals surface area contributed by atoms with Crippen molar-refractivity contribution in [2.45, 2.75) is 6.92 Å². The van der Waals surface area contributed by atoms with Crippen molar-refractivity contribution in [3.8, 4) is 5.75 Å². The van der Waals surface area contributed by atoms with Gasteiger partial charge in [0.25, 0.3) is 0 Å². The molecule has 54 valence electrons. The number of pyridine rings is 1. The first-order valence-corrected chi connectivity index (χ1v) is 2.74. The third-order valence-corrected chi connectivity index (χ3v) is 1.23. The zero-order valence-electron chi connectivity index (χ0n) is 5.40. The van der Waals surface area contributed by atoms with Crippen LogP contribution in [0.2, 0.25) is 0 Å². The van der Waals surface area contributed by atoms with Gasteiger partial charge in [-0.1, -0.05) is 0 Å². The number of nitrogens with zero attached hydrogens (tertiary/aromatic N) is 1. The average Bonchev–Trinajstić information content (AvgIpc) is 1.93. The third kappa shape index (κ3) is 0.834. The number of aryl methyl sites for hydroxylation is 1. The predicted octanol–water partition coefficient (Wildman–Crippen LogP) is 0.0996. The fourth-order valence-electron chi connectivity index (χ4n) is 0.610. The van der Waals surface area contributed by atoms with E-state index in [1.54, 1.807) is 6.92 Å². The van der Waals surface area contributed by atoms with Gasteiger partial charge in [-0.15, -0.1) is 4.73 Å². The normalized spacial score (nSPS) is 9.70. The molecule has 10 heavy (non-hydrogen) atoms. The van der Waals surface area contributed by atoms with Gasteiger partial charge in [0.15, 0.2) is 5.75 Å². The Morgan fingerprint density at radius 1 is 1.50 bits per heavy atom. The van der Waals surface area contributed by atoms with Crippen molar-refractivity contribution >= 4 is 0 Å². The first-order valence-electron chi connectivity index (χ1n) is 2.74. The minimum absolute atomic E-state index is 0.391. The Hall–Kier alpha value is -1.45. The molecule has 0 unspecified atom stereocenters. The van der Waals surface area contributed by atoms with Crippen LogP contribution in [0.25, 0.3) is 0 Å². The van der Waals surface area contributed by atoms with Crippen LogP contribution in [0.4, 0.5) is 0 Å². The molecule has 4 heteroatoms. The molecular weight excluding hydrogens is 134 g/mol. The zero-order valence-corrected chi connectivity index (χ0v) is 5.40. The second-order valence-electron chi connectivity index (χ2n) is 1.98. The van der Waals surface area contributed by atoms with Crippen LogP contribution in [0.3, 0.4) is 0 Å². The molecule has 0 aliphatic rings. The van der Waals surface area contributed by atoms with E-state index < -0.39 is 11.3 Å². The second kappa shape index (κ2) is 2.06. The largest absolute Gasteiger partial charge is 0.503 e. The smallest absolute Gasteiger partial charge is 0.325 e. The lowest BCUT2D eigenvalue weighted by Crippen LogP contribution is -2.18. The van der Waals surface area contributed by atoms with E-state index in [1.165, 1.54) is 12.1 Å². The maximum atomic E-state index is 10.7. The van der Waals surface area contributed by atoms with Gasteiger partial charge in [0.1, 0.15) is 0 Å². The van der Waals surface area contributed by atoms with Gasteiger partial charge >= 0.3 is 5.56 Å². The molecule has 0 aromatic carbocycles. The summed E-state index contributed by atoms with van der Waals surface area (Å²) in [7, 11) is 0. The summed E-state index contributed by atoms with van der Waals surface area (Å²) in [4.78, 5) is 10.7. The summed E-state index contributed by atoms with van der Waals surface area (Å²) in [5, 5.41) is 17.6. The van der Waals surface area contributed by atoms with Gasteiger partial charge in [-0.05, 0) is 19.1 Å². The fraction of sp³-hybridized carbons (Fsp3) is 0.167. The molecule has 0 fully saturated rings. The van der Waals surface area contributed by atoms with Crippen molar-refractivity contribution in [1.82, 2.24) is 4.73 Å². The van der Waals surface area contributed by atoms with E-state index in [-0.39, 0.29) is 0 Å². The molecule has 0 spiro atoms. The van der Waals surface area contributed by atoms with Gasteiger partial charge in [-0.2, -0.15) is 0 Å². The van der Waals surface area contributed by atoms with Crippen LogP contribution < -0.4 is 5.56 Å². The summed E-state index contributed by atoms with van der Waals surface area (Å²) in [5.41, 5.74) is -0.400. The van der Waals surface area contributed by atoms with Gasteiger partial charge in [-0.25, -0.2) is 0 Å². The Morgan fingerprint density at radius 3 is 2.60 bits per heavy atom. The molecule has 1 aromatic rings. The van der Waals surface area contributed by atoms with Crippen LogP contribution in [0.5, 0.6) is 5.75 Å². The molecule has 1 rings (SSSR count). The Kier molecular flexibility index (Phi) is 1.37. The molecular formula is C6H7NO3. The number of aromatic nitrogens is 1. The minimum Gasteiger partial charge on any atom is -0.503 e. The van der Waals surface area contributed by atoms with E-state index in [0.717, 1.165) is 0 Å². The molecule has 1 aromatic heterocycles. The molecule has 0 bridgehead atoms. The maximum Gasteiger partial charge on any atom is 0.325 e. The first-order chi connectivity index (χ1) is 4.63. The highest BCUT2D eigenvalue weighted by Gasteiger charge is 2.00. The van der Waals surface area contributed by atoms with Crippen LogP contribution in [0.15, 0.2) is 16.9 Å². The summed E-state index contributed by atoms with van der Waals surface area (Å²) in [6.45, 7) is 1.56. The standard InChI is InChI=1S/C6H7NO3/c1-4-2-3-5(8)6(9)7(4)10/h2-3,8,10H,1H3. The summed E-state index contributed by atoms with van der Waals surface area (Å²) in [5.74, 6) is -0.451. The fourth-order valence-corrected chi connectivity index (χ4v) is 0.610. The lowest BCUT2D eigenvalue weighted by atomic mass is 10.4. The summed E-state index contributed by atoms with van der Waals surface area (Å²) < 4.78 is 0.398. The van der Waals surface area contributed by atoms with Gasteiger partial charge in [-0.3, -0.25) is 4.79 Å². The molecule has 0 atom stereocenters. The molecule has 0 saturated carbocycles. The van der Waals surface area contributed by atoms with Crippen molar-refractivity contribution in [2.24, 2.45) is 0 Å². The molecule has 0 aliphatic carbocycles. The van der Waals surface area contributed by atoms with Crippen LogP contribution in [0, 0.1) is 6.92 Å². The van der Waals surface area contributed by atoms with Crippen molar-refractivity contribution in [3.63, 3.8) is 0 Å². The molecule has 4 nitrogen and oxygen atoms in total. The van der Waals surface area contributed by atoms with E-state index in [4.69, 9.17) is 10.3 Å². The Bertz CT molecular complexity index is 302. The minimum atomic E-state index is -0.792. The topological polar surface area (TPSA) is 62.5 Å². The highest BCUT2D eigenvalue weighted by atomic mass is 16.5. The SMILES string of the molecule is Cc1ccc(O)c(=O)n1O. The van der Waals surface area contributed by atoms with Crippen LogP contribution >= 0.6 is 0 Å². The monoisotopic (exact) mass is 141 g/mol. The average molecular weight is 141 g/mol. The molecule has 1 heterocycles. The van der Waals surface area contributed by atoms with Gasteiger partial charge in [0.05, 0.1) is 5.69 Å². The number of hydrogen-bond acceptors (Lipinski definition) is 3. The lowest BCUT2D eigenvalue weighted by molar-refractivity contribution is 0.164. The second-order valence-corrected chi connectivity index (χ2v) is 1.98. The third-order valence-electron chi connectivity index (χ3n) is 1.23. The van der Waals surface area contributed by atoms with Gasteiger partial charge < -0.3 is 10.3 Å². The van der Waals surface area contributed by atoms with Crippen LogP contribution in [-0.4, -0.2) is 15.0 Å². The van der Waals surface area contributed by atoms with Crippen molar-refractivity contribution in [2.75, 3.05) is 0 Å². The summed E-state index contributed by atoms with van der Waals surface area (Å²) in [6.07, 6.45) is 0. The number of aromatic hydroxyl groups is 1. The first kappa shape index (κ1) is 6.67. The Balaban J connectivity index is 3.50. The molecule has 2 N–H and O–H groups in total. The van der Waals surface area contributed by atoms with Crippen molar-refractivity contribution in [1.29, 1.82) is 0 Å². The van der Waals surface area contributed by atoms with Crippen LogP contribution in [-0.2, 0) is 0 Å². The predicted molar refractivity (Wildman–Crippen MR) is 34.3 cm³/mol. The molecule has 0 amide bonds.